The van der Waals surface area contributed by atoms with Crippen molar-refractivity contribution in [3.63, 3.8) is 0 Å². The lowest BCUT2D eigenvalue weighted by atomic mass is 9.90. The second kappa shape index (κ2) is 4.05. The number of nitrogens with zero attached hydrogens (tertiary/aromatic N) is 1. The van der Waals surface area contributed by atoms with Crippen LogP contribution >= 0.6 is 0 Å². The molecule has 2 rings (SSSR count). The summed E-state index contributed by atoms with van der Waals surface area (Å²) in [5.41, 5.74) is 9.08. The molecule has 1 unspecified atom stereocenters. The van der Waals surface area contributed by atoms with E-state index in [1.54, 1.807) is 7.11 Å². The van der Waals surface area contributed by atoms with Crippen molar-refractivity contribution >= 4 is 0 Å². The van der Waals surface area contributed by atoms with Crippen molar-refractivity contribution in [3.8, 4) is 11.8 Å². The summed E-state index contributed by atoms with van der Waals surface area (Å²) in [6.45, 7) is 4.02. The van der Waals surface area contributed by atoms with Crippen LogP contribution in [0.4, 0.5) is 0 Å². The first-order valence-electron chi connectivity index (χ1n) is 5.86. The maximum absolute atomic E-state index is 9.17. The normalized spacial score (nSPS) is 18.3. The number of hydrogen-bond donors (Lipinski definition) is 1. The van der Waals surface area contributed by atoms with Crippen molar-refractivity contribution in [2.24, 2.45) is 11.1 Å². The Bertz CT molecular complexity index is 460. The molecule has 1 saturated carbocycles. The summed E-state index contributed by atoms with van der Waals surface area (Å²) in [5, 5.41) is 9.17. The third kappa shape index (κ3) is 1.89. The van der Waals surface area contributed by atoms with Gasteiger partial charge in [0.25, 0.3) is 0 Å². The lowest BCUT2D eigenvalue weighted by Gasteiger charge is -2.19. The molecule has 0 aromatic heterocycles. The molecule has 1 aromatic carbocycles. The van der Waals surface area contributed by atoms with Crippen molar-refractivity contribution in [3.05, 3.63) is 28.8 Å². The van der Waals surface area contributed by atoms with Gasteiger partial charge in [0, 0.05) is 6.04 Å². The van der Waals surface area contributed by atoms with E-state index in [1.807, 2.05) is 26.0 Å². The fraction of sp³-hybridized carbons (Fsp3) is 0.500. The van der Waals surface area contributed by atoms with E-state index in [1.165, 1.54) is 0 Å². The van der Waals surface area contributed by atoms with E-state index in [4.69, 9.17) is 10.5 Å². The molecular weight excluding hydrogens is 212 g/mol. The number of rotatable bonds is 3. The Hall–Kier alpha value is -1.53. The van der Waals surface area contributed by atoms with Gasteiger partial charge in [-0.3, -0.25) is 0 Å². The van der Waals surface area contributed by atoms with Crippen LogP contribution in [0.5, 0.6) is 5.75 Å². The molecular formula is C14H18N2O. The average molecular weight is 230 g/mol. The molecule has 1 aliphatic rings. The second-order valence-corrected chi connectivity index (χ2v) is 4.93. The molecule has 0 bridgehead atoms. The van der Waals surface area contributed by atoms with E-state index >= 15 is 0 Å². The quantitative estimate of drug-likeness (QED) is 0.868. The van der Waals surface area contributed by atoms with Crippen molar-refractivity contribution in [2.45, 2.75) is 32.7 Å². The number of nitriles is 1. The van der Waals surface area contributed by atoms with Gasteiger partial charge >= 0.3 is 0 Å². The smallest absolute Gasteiger partial charge is 0.124 e. The molecule has 0 aliphatic heterocycles. The van der Waals surface area contributed by atoms with Crippen LogP contribution in [0.3, 0.4) is 0 Å². The zero-order valence-electron chi connectivity index (χ0n) is 10.6. The summed E-state index contributed by atoms with van der Waals surface area (Å²) in [7, 11) is 1.67. The van der Waals surface area contributed by atoms with Crippen LogP contribution in [0.15, 0.2) is 12.1 Å². The molecule has 17 heavy (non-hydrogen) atoms. The maximum Gasteiger partial charge on any atom is 0.124 e. The van der Waals surface area contributed by atoms with Crippen LogP contribution < -0.4 is 10.5 Å². The number of ether oxygens (including phenoxy) is 1. The Balaban J connectivity index is 2.38. The number of benzene rings is 1. The second-order valence-electron chi connectivity index (χ2n) is 4.93. The molecule has 0 spiro atoms. The van der Waals surface area contributed by atoms with Crippen LogP contribution in [0.25, 0.3) is 0 Å². The van der Waals surface area contributed by atoms with Gasteiger partial charge in [0.15, 0.2) is 0 Å². The Labute approximate surface area is 102 Å². The molecule has 0 saturated heterocycles. The van der Waals surface area contributed by atoms with Crippen LogP contribution in [-0.2, 0) is 0 Å². The van der Waals surface area contributed by atoms with Crippen molar-refractivity contribution in [1.82, 2.24) is 0 Å². The molecule has 0 amide bonds. The molecule has 1 fully saturated rings. The fourth-order valence-corrected chi connectivity index (χ4v) is 2.43. The minimum absolute atomic E-state index is 0.184. The molecule has 0 heterocycles. The molecule has 3 heteroatoms. The summed E-state index contributed by atoms with van der Waals surface area (Å²) in [5.74, 6) is 0.905. The number of hydrogen-bond acceptors (Lipinski definition) is 3. The molecule has 1 atom stereocenters. The van der Waals surface area contributed by atoms with Crippen molar-refractivity contribution < 1.29 is 4.74 Å². The van der Waals surface area contributed by atoms with Crippen LogP contribution in [-0.4, -0.2) is 7.11 Å². The molecule has 90 valence electrons. The molecule has 1 aromatic rings. The number of methoxy groups -OCH3 is 1. The molecule has 1 aliphatic carbocycles. The predicted molar refractivity (Wildman–Crippen MR) is 66.7 cm³/mol. The SMILES string of the molecule is COc1c(C)cc(C(N)C2(C#N)CC2)cc1C. The highest BCUT2D eigenvalue weighted by molar-refractivity contribution is 5.45. The Morgan fingerprint density at radius 2 is 1.88 bits per heavy atom. The minimum atomic E-state index is -0.326. The lowest BCUT2D eigenvalue weighted by Crippen LogP contribution is -2.21. The summed E-state index contributed by atoms with van der Waals surface area (Å²) in [6, 6.07) is 6.25. The highest BCUT2D eigenvalue weighted by Gasteiger charge is 2.49. The highest BCUT2D eigenvalue weighted by atomic mass is 16.5. The average Bonchev–Trinajstić information content (AvgIpc) is 3.08. The zero-order chi connectivity index (χ0) is 12.6. The predicted octanol–water partition coefficient (Wildman–Crippen LogP) is 2.62. The Morgan fingerprint density at radius 3 is 2.24 bits per heavy atom. The van der Waals surface area contributed by atoms with Crippen LogP contribution in [0.2, 0.25) is 0 Å². The van der Waals surface area contributed by atoms with E-state index in [0.717, 1.165) is 35.3 Å². The van der Waals surface area contributed by atoms with E-state index in [-0.39, 0.29) is 11.5 Å². The van der Waals surface area contributed by atoms with Crippen molar-refractivity contribution in [2.75, 3.05) is 7.11 Å². The van der Waals surface area contributed by atoms with Gasteiger partial charge in [0.1, 0.15) is 5.75 Å². The van der Waals surface area contributed by atoms with Gasteiger partial charge < -0.3 is 10.5 Å². The summed E-state index contributed by atoms with van der Waals surface area (Å²) < 4.78 is 5.33. The van der Waals surface area contributed by atoms with Gasteiger partial charge in [-0.15, -0.1) is 0 Å². The third-order valence-corrected chi connectivity index (χ3v) is 3.65. The molecule has 3 nitrogen and oxygen atoms in total. The fourth-order valence-electron chi connectivity index (χ4n) is 2.43. The lowest BCUT2D eigenvalue weighted by molar-refractivity contribution is 0.407. The van der Waals surface area contributed by atoms with Gasteiger partial charge in [-0.2, -0.15) is 5.26 Å². The first kappa shape index (κ1) is 11.9. The van der Waals surface area contributed by atoms with Crippen molar-refractivity contribution in [1.29, 1.82) is 5.26 Å². The first-order valence-corrected chi connectivity index (χ1v) is 5.86. The standard InChI is InChI=1S/C14H18N2O/c1-9-6-11(7-10(2)12(9)17-3)13(16)14(8-15)4-5-14/h6-7,13H,4-5,16H2,1-3H3. The first-order chi connectivity index (χ1) is 8.04. The van der Waals surface area contributed by atoms with Gasteiger partial charge in [-0.1, -0.05) is 12.1 Å². The third-order valence-electron chi connectivity index (χ3n) is 3.65. The van der Waals surface area contributed by atoms with Crippen LogP contribution in [0, 0.1) is 30.6 Å². The molecule has 2 N–H and O–H groups in total. The van der Waals surface area contributed by atoms with Gasteiger partial charge in [0.05, 0.1) is 18.6 Å². The van der Waals surface area contributed by atoms with E-state index < -0.39 is 0 Å². The van der Waals surface area contributed by atoms with E-state index in [9.17, 15) is 5.26 Å². The van der Waals surface area contributed by atoms with Gasteiger partial charge in [-0.25, -0.2) is 0 Å². The van der Waals surface area contributed by atoms with Gasteiger partial charge in [0.2, 0.25) is 0 Å². The van der Waals surface area contributed by atoms with Gasteiger partial charge in [-0.05, 0) is 43.4 Å². The summed E-state index contributed by atoms with van der Waals surface area (Å²) in [6.07, 6.45) is 1.82. The largest absolute Gasteiger partial charge is 0.496 e. The van der Waals surface area contributed by atoms with Crippen LogP contribution in [0.1, 0.15) is 35.6 Å². The topological polar surface area (TPSA) is 59.0 Å². The highest BCUT2D eigenvalue weighted by Crippen LogP contribution is 2.53. The zero-order valence-corrected chi connectivity index (χ0v) is 10.6. The number of nitrogens with two attached hydrogens (primary N) is 1. The number of aryl methyl sites for hydroxylation is 2. The minimum Gasteiger partial charge on any atom is -0.496 e. The Morgan fingerprint density at radius 1 is 1.35 bits per heavy atom. The summed E-state index contributed by atoms with van der Waals surface area (Å²) >= 11 is 0. The Kier molecular flexibility index (Phi) is 2.84. The monoisotopic (exact) mass is 230 g/mol. The molecule has 0 radical (unpaired) electrons. The maximum atomic E-state index is 9.17. The summed E-state index contributed by atoms with van der Waals surface area (Å²) in [4.78, 5) is 0. The van der Waals surface area contributed by atoms with E-state index in [2.05, 4.69) is 6.07 Å². The van der Waals surface area contributed by atoms with E-state index in [0.29, 0.717) is 0 Å².